The molecule has 0 heterocycles. The van der Waals surface area contributed by atoms with E-state index >= 15 is 0 Å². The van der Waals surface area contributed by atoms with Gasteiger partial charge in [-0.15, -0.1) is 0 Å². The molecule has 4 nitrogen and oxygen atoms in total. The number of esters is 1. The maximum absolute atomic E-state index is 13.8. The van der Waals surface area contributed by atoms with Crippen LogP contribution in [0.4, 0.5) is 8.78 Å². The smallest absolute Gasteiger partial charge is 0.349 e. The molecule has 25 heavy (non-hydrogen) atoms. The van der Waals surface area contributed by atoms with E-state index in [1.807, 2.05) is 0 Å². The largest absolute Gasteiger partial charge is 0.505 e. The first-order chi connectivity index (χ1) is 11.7. The van der Waals surface area contributed by atoms with Crippen LogP contribution in [0.15, 0.2) is 30.3 Å². The molecule has 0 saturated heterocycles. The predicted molar refractivity (Wildman–Crippen MR) is 90.8 cm³/mol. The first kappa shape index (κ1) is 19.3. The summed E-state index contributed by atoms with van der Waals surface area (Å²) in [5.74, 6) is -1.41. The van der Waals surface area contributed by atoms with Crippen molar-refractivity contribution in [2.24, 2.45) is 0 Å². The number of hydrogen-bond donors (Lipinski definition) is 1. The molecule has 0 aromatic heterocycles. The molecule has 8 heteroatoms. The second-order valence-corrected chi connectivity index (χ2v) is 5.81. The highest BCUT2D eigenvalue weighted by atomic mass is 35.5. The number of hydrogen-bond acceptors (Lipinski definition) is 4. The van der Waals surface area contributed by atoms with Gasteiger partial charge < -0.3 is 14.6 Å². The molecule has 0 atom stereocenters. The lowest BCUT2D eigenvalue weighted by molar-refractivity contribution is 0.0496. The van der Waals surface area contributed by atoms with E-state index in [0.29, 0.717) is 11.3 Å². The molecule has 2 rings (SSSR count). The van der Waals surface area contributed by atoms with E-state index in [1.54, 1.807) is 24.3 Å². The van der Waals surface area contributed by atoms with Gasteiger partial charge >= 0.3 is 11.4 Å². The van der Waals surface area contributed by atoms with Crippen LogP contribution in [0, 0.1) is 0 Å². The maximum atomic E-state index is 13.8. The lowest BCUT2D eigenvalue weighted by atomic mass is 9.97. The molecule has 0 radical (unpaired) electrons. The van der Waals surface area contributed by atoms with Crippen LogP contribution in [0.1, 0.15) is 22.8 Å². The standard InChI is InChI=1S/C17H14Cl2F2O4/c1-3-25-16(23)13-12(17(19,20)21)8-11(14(18)15(13)22)9-4-6-10(24-2)7-5-9/h4-8,22H,3H2,1-2H3. The van der Waals surface area contributed by atoms with Crippen molar-refractivity contribution in [1.29, 1.82) is 0 Å². The molecule has 0 aliphatic carbocycles. The molecule has 0 bridgehead atoms. The molecular formula is C17H14Cl2F2O4. The number of carbonyl (C=O) groups is 1. The summed E-state index contributed by atoms with van der Waals surface area (Å²) >= 11 is 11.2. The minimum atomic E-state index is -3.91. The van der Waals surface area contributed by atoms with Crippen LogP contribution in [-0.2, 0) is 10.1 Å². The van der Waals surface area contributed by atoms with Crippen LogP contribution in [0.2, 0.25) is 5.02 Å². The van der Waals surface area contributed by atoms with Gasteiger partial charge in [-0.2, -0.15) is 8.78 Å². The summed E-state index contributed by atoms with van der Waals surface area (Å²) in [6.45, 7) is 1.43. The Hall–Kier alpha value is -2.05. The second kappa shape index (κ2) is 7.45. The number of benzene rings is 2. The molecule has 134 valence electrons. The van der Waals surface area contributed by atoms with Crippen molar-refractivity contribution in [3.63, 3.8) is 0 Å². The Morgan fingerprint density at radius 1 is 1.28 bits per heavy atom. The summed E-state index contributed by atoms with van der Waals surface area (Å²) in [6, 6.07) is 7.30. The number of aromatic hydroxyl groups is 1. The van der Waals surface area contributed by atoms with Gasteiger partial charge in [-0.3, -0.25) is 0 Å². The van der Waals surface area contributed by atoms with Gasteiger partial charge in [-0.05, 0) is 42.3 Å². The number of rotatable bonds is 5. The molecule has 2 aromatic carbocycles. The quantitative estimate of drug-likeness (QED) is 0.563. The number of carbonyl (C=O) groups excluding carboxylic acids is 1. The van der Waals surface area contributed by atoms with Gasteiger partial charge in [0, 0.05) is 5.56 Å². The van der Waals surface area contributed by atoms with Gasteiger partial charge in [0.25, 0.3) is 0 Å². The Morgan fingerprint density at radius 3 is 2.36 bits per heavy atom. The van der Waals surface area contributed by atoms with Gasteiger partial charge in [-0.1, -0.05) is 23.7 Å². The number of halogens is 4. The average Bonchev–Trinajstić information content (AvgIpc) is 2.56. The van der Waals surface area contributed by atoms with Gasteiger partial charge in [0.2, 0.25) is 0 Å². The third-order valence-electron chi connectivity index (χ3n) is 3.43. The van der Waals surface area contributed by atoms with E-state index < -0.39 is 28.2 Å². The van der Waals surface area contributed by atoms with Gasteiger partial charge in [0.15, 0.2) is 0 Å². The van der Waals surface area contributed by atoms with Crippen molar-refractivity contribution in [1.82, 2.24) is 0 Å². The molecule has 0 saturated carbocycles. The zero-order valence-electron chi connectivity index (χ0n) is 13.3. The van der Waals surface area contributed by atoms with Crippen LogP contribution in [0.3, 0.4) is 0 Å². The summed E-state index contributed by atoms with van der Waals surface area (Å²) < 4.78 is 37.4. The Balaban J connectivity index is 2.71. The SMILES string of the molecule is CCOC(=O)c1c(C(F)(F)Cl)cc(-c2ccc(OC)cc2)c(Cl)c1O. The van der Waals surface area contributed by atoms with Crippen molar-refractivity contribution >= 4 is 29.2 Å². The van der Waals surface area contributed by atoms with E-state index in [1.165, 1.54) is 14.0 Å². The molecular weight excluding hydrogens is 377 g/mol. The molecule has 0 aliphatic heterocycles. The summed E-state index contributed by atoms with van der Waals surface area (Å²) in [5, 5.41) is 6.06. The van der Waals surface area contributed by atoms with Crippen LogP contribution in [-0.4, -0.2) is 24.8 Å². The summed E-state index contributed by atoms with van der Waals surface area (Å²) in [7, 11) is 1.48. The third-order valence-corrected chi connectivity index (χ3v) is 4.01. The maximum Gasteiger partial charge on any atom is 0.349 e. The zero-order valence-corrected chi connectivity index (χ0v) is 14.8. The normalized spacial score (nSPS) is 11.3. The van der Waals surface area contributed by atoms with E-state index in [4.69, 9.17) is 32.7 Å². The van der Waals surface area contributed by atoms with Crippen LogP contribution in [0.5, 0.6) is 11.5 Å². The number of phenols is 1. The van der Waals surface area contributed by atoms with Gasteiger partial charge in [0.05, 0.1) is 24.3 Å². The number of phenolic OH excluding ortho intramolecular Hbond substituents is 1. The Kier molecular flexibility index (Phi) is 5.75. The Morgan fingerprint density at radius 2 is 1.88 bits per heavy atom. The van der Waals surface area contributed by atoms with Crippen LogP contribution < -0.4 is 4.74 Å². The van der Waals surface area contributed by atoms with Crippen molar-refractivity contribution in [3.05, 3.63) is 46.5 Å². The lowest BCUT2D eigenvalue weighted by Gasteiger charge is -2.18. The Labute approximate surface area is 152 Å². The monoisotopic (exact) mass is 390 g/mol. The highest BCUT2D eigenvalue weighted by Crippen LogP contribution is 2.46. The molecule has 1 N–H and O–H groups in total. The molecule has 0 spiro atoms. The van der Waals surface area contributed by atoms with Gasteiger partial charge in [-0.25, -0.2) is 4.79 Å². The fraction of sp³-hybridized carbons (Fsp3) is 0.235. The summed E-state index contributed by atoms with van der Waals surface area (Å²) in [4.78, 5) is 12.0. The predicted octanol–water partition coefficient (Wildman–Crippen LogP) is 5.19. The summed E-state index contributed by atoms with van der Waals surface area (Å²) in [5.41, 5.74) is -1.13. The first-order valence-electron chi connectivity index (χ1n) is 7.14. The first-order valence-corrected chi connectivity index (χ1v) is 7.90. The number of methoxy groups -OCH3 is 1. The highest BCUT2D eigenvalue weighted by molar-refractivity contribution is 6.35. The molecule has 2 aromatic rings. The fourth-order valence-corrected chi connectivity index (χ4v) is 2.67. The third kappa shape index (κ3) is 3.96. The van der Waals surface area contributed by atoms with Crippen molar-refractivity contribution < 1.29 is 28.2 Å². The Bertz CT molecular complexity index is 787. The minimum absolute atomic E-state index is 0.0661. The average molecular weight is 391 g/mol. The molecule has 0 amide bonds. The van der Waals surface area contributed by atoms with Crippen molar-refractivity contribution in [3.8, 4) is 22.6 Å². The van der Waals surface area contributed by atoms with E-state index in [9.17, 15) is 18.7 Å². The van der Waals surface area contributed by atoms with Gasteiger partial charge in [0.1, 0.15) is 17.1 Å². The van der Waals surface area contributed by atoms with E-state index in [2.05, 4.69) is 0 Å². The number of alkyl halides is 3. The van der Waals surface area contributed by atoms with Crippen LogP contribution in [0.25, 0.3) is 11.1 Å². The lowest BCUT2D eigenvalue weighted by Crippen LogP contribution is -2.15. The molecule has 0 unspecified atom stereocenters. The molecule has 0 fully saturated rings. The fourth-order valence-electron chi connectivity index (χ4n) is 2.26. The minimum Gasteiger partial charge on any atom is -0.505 e. The van der Waals surface area contributed by atoms with Crippen LogP contribution >= 0.6 is 23.2 Å². The van der Waals surface area contributed by atoms with E-state index in [-0.39, 0.29) is 17.2 Å². The van der Waals surface area contributed by atoms with Crippen molar-refractivity contribution in [2.45, 2.75) is 12.3 Å². The topological polar surface area (TPSA) is 55.8 Å². The zero-order chi connectivity index (χ0) is 18.8. The van der Waals surface area contributed by atoms with E-state index in [0.717, 1.165) is 6.07 Å². The van der Waals surface area contributed by atoms with Crippen molar-refractivity contribution in [2.75, 3.05) is 13.7 Å². The highest BCUT2D eigenvalue weighted by Gasteiger charge is 2.37. The second-order valence-electron chi connectivity index (χ2n) is 4.96. The number of ether oxygens (including phenoxy) is 2. The summed E-state index contributed by atoms with van der Waals surface area (Å²) in [6.07, 6.45) is 0. The molecule has 0 aliphatic rings.